The van der Waals surface area contributed by atoms with Gasteiger partial charge in [0.2, 0.25) is 0 Å². The molecule has 0 radical (unpaired) electrons. The minimum atomic E-state index is -0.335. The number of hydrogen-bond donors (Lipinski definition) is 1. The van der Waals surface area contributed by atoms with Gasteiger partial charge in [0.25, 0.3) is 0 Å². The summed E-state index contributed by atoms with van der Waals surface area (Å²) in [5, 5.41) is 0. The predicted octanol–water partition coefficient (Wildman–Crippen LogP) is 1.80. The second-order valence-electron chi connectivity index (χ2n) is 3.07. The third-order valence-electron chi connectivity index (χ3n) is 1.85. The summed E-state index contributed by atoms with van der Waals surface area (Å²) in [6.07, 6.45) is 0. The highest BCUT2D eigenvalue weighted by molar-refractivity contribution is 5.84. The van der Waals surface area contributed by atoms with Crippen molar-refractivity contribution in [3.63, 3.8) is 0 Å². The predicted molar refractivity (Wildman–Crippen MR) is 52.1 cm³/mol. The van der Waals surface area contributed by atoms with Crippen LogP contribution in [-0.2, 0) is 4.79 Å². The maximum atomic E-state index is 10.8. The molecule has 2 rings (SSSR count). The molecular formula is C10H10N2O2. The van der Waals surface area contributed by atoms with E-state index in [2.05, 4.69) is 9.97 Å². The summed E-state index contributed by atoms with van der Waals surface area (Å²) < 4.78 is 5.02. The van der Waals surface area contributed by atoms with Crippen LogP contribution in [0.2, 0.25) is 0 Å². The number of nitrogens with one attached hydrogen (secondary N) is 1. The largest absolute Gasteiger partial charge is 0.424 e. The van der Waals surface area contributed by atoms with Gasteiger partial charge >= 0.3 is 5.97 Å². The third kappa shape index (κ3) is 1.46. The maximum Gasteiger partial charge on any atom is 0.308 e. The fraction of sp³-hybridized carbons (Fsp3) is 0.200. The van der Waals surface area contributed by atoms with E-state index in [0.717, 1.165) is 11.3 Å². The molecule has 1 heterocycles. The third-order valence-corrected chi connectivity index (χ3v) is 1.85. The molecule has 1 N–H and O–H groups in total. The summed E-state index contributed by atoms with van der Waals surface area (Å²) >= 11 is 0. The molecule has 0 aliphatic carbocycles. The number of aromatic nitrogens is 2. The summed E-state index contributed by atoms with van der Waals surface area (Å²) in [6.45, 7) is 3.23. The smallest absolute Gasteiger partial charge is 0.308 e. The second kappa shape index (κ2) is 3.14. The van der Waals surface area contributed by atoms with E-state index in [4.69, 9.17) is 4.74 Å². The normalized spacial score (nSPS) is 10.4. The number of aromatic amines is 1. The molecule has 0 fully saturated rings. The number of para-hydroxylation sites is 1. The number of esters is 1. The van der Waals surface area contributed by atoms with Gasteiger partial charge in [-0.3, -0.25) is 4.79 Å². The Kier molecular flexibility index (Phi) is 1.96. The Hall–Kier alpha value is -1.84. The molecule has 1 aromatic carbocycles. The van der Waals surface area contributed by atoms with Gasteiger partial charge in [-0.05, 0) is 19.1 Å². The molecule has 4 nitrogen and oxygen atoms in total. The Labute approximate surface area is 80.9 Å². The summed E-state index contributed by atoms with van der Waals surface area (Å²) in [6, 6.07) is 5.44. The molecule has 0 aliphatic heterocycles. The summed E-state index contributed by atoms with van der Waals surface area (Å²) in [4.78, 5) is 18.1. The highest BCUT2D eigenvalue weighted by atomic mass is 16.5. The molecule has 0 unspecified atom stereocenters. The number of rotatable bonds is 1. The number of fused-ring (bicyclic) bond motifs is 1. The Morgan fingerprint density at radius 1 is 1.50 bits per heavy atom. The molecule has 4 heteroatoms. The van der Waals surface area contributed by atoms with Crippen LogP contribution in [0.15, 0.2) is 18.2 Å². The Balaban J connectivity index is 2.58. The number of aryl methyl sites for hydroxylation is 1. The van der Waals surface area contributed by atoms with E-state index >= 15 is 0 Å². The number of ether oxygens (including phenoxy) is 1. The van der Waals surface area contributed by atoms with Gasteiger partial charge in [-0.2, -0.15) is 0 Å². The zero-order valence-corrected chi connectivity index (χ0v) is 8.00. The first-order chi connectivity index (χ1) is 6.66. The van der Waals surface area contributed by atoms with E-state index < -0.39 is 0 Å². The Morgan fingerprint density at radius 3 is 3.00 bits per heavy atom. The summed E-state index contributed by atoms with van der Waals surface area (Å²) in [5.74, 6) is 0.970. The lowest BCUT2D eigenvalue weighted by Crippen LogP contribution is -2.01. The van der Waals surface area contributed by atoms with Crippen molar-refractivity contribution in [1.82, 2.24) is 9.97 Å². The van der Waals surface area contributed by atoms with E-state index in [-0.39, 0.29) is 5.97 Å². The van der Waals surface area contributed by atoms with Crippen LogP contribution in [0.3, 0.4) is 0 Å². The SMILES string of the molecule is CC(=O)Oc1cccc2[nH]c(C)nc12. The van der Waals surface area contributed by atoms with Gasteiger partial charge in [0, 0.05) is 6.92 Å². The first kappa shape index (κ1) is 8.74. The lowest BCUT2D eigenvalue weighted by atomic mass is 10.3. The van der Waals surface area contributed by atoms with Gasteiger partial charge in [-0.15, -0.1) is 0 Å². The first-order valence-electron chi connectivity index (χ1n) is 4.30. The van der Waals surface area contributed by atoms with Crippen LogP contribution in [0.25, 0.3) is 11.0 Å². The number of hydrogen-bond acceptors (Lipinski definition) is 3. The maximum absolute atomic E-state index is 10.8. The molecule has 2 aromatic rings. The molecule has 0 spiro atoms. The molecule has 0 saturated heterocycles. The summed E-state index contributed by atoms with van der Waals surface area (Å²) in [5.41, 5.74) is 1.57. The number of benzene rings is 1. The van der Waals surface area contributed by atoms with Crippen molar-refractivity contribution in [2.75, 3.05) is 0 Å². The van der Waals surface area contributed by atoms with Crippen LogP contribution in [0.1, 0.15) is 12.7 Å². The monoisotopic (exact) mass is 190 g/mol. The molecule has 0 saturated carbocycles. The molecule has 0 amide bonds. The van der Waals surface area contributed by atoms with Gasteiger partial charge in [-0.25, -0.2) is 4.98 Å². The van der Waals surface area contributed by atoms with E-state index in [0.29, 0.717) is 11.3 Å². The van der Waals surface area contributed by atoms with Gasteiger partial charge in [-0.1, -0.05) is 6.07 Å². The fourth-order valence-electron chi connectivity index (χ4n) is 1.37. The number of imidazole rings is 1. The average molecular weight is 190 g/mol. The topological polar surface area (TPSA) is 55.0 Å². The van der Waals surface area contributed by atoms with Crippen molar-refractivity contribution in [2.45, 2.75) is 13.8 Å². The zero-order chi connectivity index (χ0) is 10.1. The van der Waals surface area contributed by atoms with Crippen molar-refractivity contribution in [3.8, 4) is 5.75 Å². The van der Waals surface area contributed by atoms with Crippen LogP contribution < -0.4 is 4.74 Å². The number of H-pyrrole nitrogens is 1. The molecule has 0 aliphatic rings. The van der Waals surface area contributed by atoms with Crippen LogP contribution in [0.4, 0.5) is 0 Å². The highest BCUT2D eigenvalue weighted by Crippen LogP contribution is 2.23. The van der Waals surface area contributed by atoms with Crippen molar-refractivity contribution in [2.24, 2.45) is 0 Å². The second-order valence-corrected chi connectivity index (χ2v) is 3.07. The van der Waals surface area contributed by atoms with Crippen LogP contribution in [-0.4, -0.2) is 15.9 Å². The lowest BCUT2D eigenvalue weighted by molar-refractivity contribution is -0.131. The van der Waals surface area contributed by atoms with E-state index in [1.807, 2.05) is 19.1 Å². The quantitative estimate of drug-likeness (QED) is 0.551. The Bertz CT molecular complexity index is 488. The van der Waals surface area contributed by atoms with Crippen LogP contribution in [0, 0.1) is 6.92 Å². The highest BCUT2D eigenvalue weighted by Gasteiger charge is 2.07. The molecule has 0 atom stereocenters. The van der Waals surface area contributed by atoms with E-state index in [1.54, 1.807) is 6.07 Å². The van der Waals surface area contributed by atoms with Crippen LogP contribution >= 0.6 is 0 Å². The number of carbonyl (C=O) groups excluding carboxylic acids is 1. The standard InChI is InChI=1S/C10H10N2O2/c1-6-11-8-4-3-5-9(10(8)12-6)14-7(2)13/h3-5H,1-2H3,(H,11,12). The van der Waals surface area contributed by atoms with Crippen LogP contribution in [0.5, 0.6) is 5.75 Å². The molecule has 0 bridgehead atoms. The lowest BCUT2D eigenvalue weighted by Gasteiger charge is -2.00. The Morgan fingerprint density at radius 2 is 2.29 bits per heavy atom. The van der Waals surface area contributed by atoms with Crippen molar-refractivity contribution in [1.29, 1.82) is 0 Å². The molecule has 72 valence electrons. The van der Waals surface area contributed by atoms with Crippen molar-refractivity contribution >= 4 is 17.0 Å². The minimum absolute atomic E-state index is 0.335. The van der Waals surface area contributed by atoms with Gasteiger partial charge in [0.1, 0.15) is 11.3 Å². The summed E-state index contributed by atoms with van der Waals surface area (Å²) in [7, 11) is 0. The molecule has 1 aromatic heterocycles. The van der Waals surface area contributed by atoms with Gasteiger partial charge in [0.05, 0.1) is 5.52 Å². The number of carbonyl (C=O) groups is 1. The zero-order valence-electron chi connectivity index (χ0n) is 8.00. The minimum Gasteiger partial charge on any atom is -0.424 e. The van der Waals surface area contributed by atoms with E-state index in [9.17, 15) is 4.79 Å². The van der Waals surface area contributed by atoms with E-state index in [1.165, 1.54) is 6.92 Å². The van der Waals surface area contributed by atoms with Gasteiger partial charge in [0.15, 0.2) is 5.75 Å². The fourth-order valence-corrected chi connectivity index (χ4v) is 1.37. The molecular weight excluding hydrogens is 180 g/mol. The first-order valence-corrected chi connectivity index (χ1v) is 4.30. The van der Waals surface area contributed by atoms with Gasteiger partial charge < -0.3 is 9.72 Å². The molecule has 14 heavy (non-hydrogen) atoms. The number of nitrogens with zero attached hydrogens (tertiary/aromatic N) is 1. The average Bonchev–Trinajstić information content (AvgIpc) is 2.45. The van der Waals surface area contributed by atoms with Crippen molar-refractivity contribution < 1.29 is 9.53 Å². The van der Waals surface area contributed by atoms with Crippen molar-refractivity contribution in [3.05, 3.63) is 24.0 Å².